The van der Waals surface area contributed by atoms with Crippen molar-refractivity contribution in [3.8, 4) is 5.40 Å². The van der Waals surface area contributed by atoms with Crippen LogP contribution >= 0.6 is 0 Å². The topological polar surface area (TPSA) is 31.5 Å². The van der Waals surface area contributed by atoms with Crippen molar-refractivity contribution in [1.82, 2.24) is 4.90 Å². The summed E-state index contributed by atoms with van der Waals surface area (Å²) in [5.74, 6) is 0. The molecule has 1 N–H and O–H groups in total. The van der Waals surface area contributed by atoms with Gasteiger partial charge in [-0.1, -0.05) is 12.3 Å². The van der Waals surface area contributed by atoms with E-state index in [0.29, 0.717) is 0 Å². The summed E-state index contributed by atoms with van der Waals surface area (Å²) in [5.41, 5.74) is 0. The van der Waals surface area contributed by atoms with E-state index in [4.69, 9.17) is 5.26 Å². The molecule has 0 fully saturated rings. The molecular weight excluding hydrogens is 170 g/mol. The Bertz CT molecular complexity index is 174. The highest BCUT2D eigenvalue weighted by Gasteiger charge is 2.09. The average molecular weight is 185 g/mol. The van der Waals surface area contributed by atoms with Crippen LogP contribution in [0.4, 0.5) is 0 Å². The van der Waals surface area contributed by atoms with E-state index in [2.05, 4.69) is 43.9 Å². The summed E-state index contributed by atoms with van der Waals surface area (Å²) in [4.78, 5) is 3.82. The van der Waals surface area contributed by atoms with E-state index < -0.39 is 0 Å². The van der Waals surface area contributed by atoms with Gasteiger partial charge in [-0.2, -0.15) is 0 Å². The Labute approximate surface area is 79.7 Å². The van der Waals surface area contributed by atoms with Crippen LogP contribution in [-0.2, 0) is 12.6 Å². The lowest BCUT2D eigenvalue weighted by atomic mass is 10.4. The van der Waals surface area contributed by atoms with Gasteiger partial charge in [-0.25, -0.2) is 5.26 Å². The van der Waals surface area contributed by atoms with Crippen molar-refractivity contribution >= 4 is 12.6 Å². The molecule has 0 radical (unpaired) electrons. The van der Waals surface area contributed by atoms with E-state index in [-0.39, 0.29) is 0 Å². The van der Waals surface area contributed by atoms with Gasteiger partial charge >= 0.3 is 0 Å². The van der Waals surface area contributed by atoms with Crippen molar-refractivity contribution in [2.75, 3.05) is 20.3 Å². The van der Waals surface area contributed by atoms with E-state index in [1.54, 1.807) is 0 Å². The number of nitrogens with one attached hydrogen (secondary N) is 1. The summed E-state index contributed by atoms with van der Waals surface area (Å²) in [7, 11) is 2.17. The molecule has 4 heteroatoms. The lowest BCUT2D eigenvalue weighted by Crippen LogP contribution is -3.03. The molecule has 0 amide bonds. The van der Waals surface area contributed by atoms with Gasteiger partial charge < -0.3 is 17.5 Å². The van der Waals surface area contributed by atoms with E-state index in [1.165, 1.54) is 23.3 Å². The van der Waals surface area contributed by atoms with Crippen LogP contribution in [0.5, 0.6) is 0 Å². The average Bonchev–Trinajstić information content (AvgIpc) is 2.38. The highest BCUT2D eigenvalue weighted by Crippen LogP contribution is 1.90. The monoisotopic (exact) mass is 185 g/mol. The van der Waals surface area contributed by atoms with Crippen LogP contribution in [0.3, 0.4) is 0 Å². The van der Waals surface area contributed by atoms with Gasteiger partial charge in [0.15, 0.2) is 6.67 Å². The predicted molar refractivity (Wildman–Crippen MR) is 50.9 cm³/mol. The molecule has 0 saturated carbocycles. The second-order valence-corrected chi connectivity index (χ2v) is 2.91. The molecule has 1 rings (SSSR count). The molecule has 1 aliphatic rings. The van der Waals surface area contributed by atoms with Gasteiger partial charge in [0.2, 0.25) is 0 Å². The maximum absolute atomic E-state index is 7.13. The zero-order valence-electron chi connectivity index (χ0n) is 7.58. The van der Waals surface area contributed by atoms with Crippen LogP contribution in [-0.4, -0.2) is 25.2 Å². The van der Waals surface area contributed by atoms with E-state index in [0.717, 1.165) is 6.67 Å². The third-order valence-electron chi connectivity index (χ3n) is 1.53. The Balaban J connectivity index is 0.000000354. The standard InChI is InChI=1S/C7H14N2.CHNS/c1-3-4-9-6-5-8(2)7-9;2-1-3/h5-6H,3-4,7H2,1-2H3;3H. The summed E-state index contributed by atoms with van der Waals surface area (Å²) in [6.07, 6.45) is 5.62. The second-order valence-electron chi connectivity index (χ2n) is 2.72. The number of nitrogens with zero attached hydrogens (tertiary/aromatic N) is 2. The third kappa shape index (κ3) is 4.94. The van der Waals surface area contributed by atoms with Crippen LogP contribution in [0.15, 0.2) is 12.4 Å². The maximum atomic E-state index is 7.13. The normalized spacial score (nSPS) is 19.8. The smallest absolute Gasteiger partial charge is 0.156 e. The molecule has 0 saturated heterocycles. The highest BCUT2D eigenvalue weighted by molar-refractivity contribution is 7.64. The molecule has 3 nitrogen and oxygen atoms in total. The Morgan fingerprint density at radius 2 is 2.33 bits per heavy atom. The van der Waals surface area contributed by atoms with Crippen molar-refractivity contribution in [2.24, 2.45) is 0 Å². The fraction of sp³-hybridized carbons (Fsp3) is 0.625. The molecule has 0 aromatic heterocycles. The van der Waals surface area contributed by atoms with Gasteiger partial charge in [-0.3, -0.25) is 4.90 Å². The summed E-state index contributed by atoms with van der Waals surface area (Å²) in [5, 5.41) is 8.47. The molecule has 0 aliphatic carbocycles. The van der Waals surface area contributed by atoms with Gasteiger partial charge in [0, 0.05) is 6.54 Å². The van der Waals surface area contributed by atoms with Crippen molar-refractivity contribution in [3.63, 3.8) is 0 Å². The minimum Gasteiger partial charge on any atom is -0.696 e. The van der Waals surface area contributed by atoms with Crippen LogP contribution in [0, 0.1) is 10.7 Å². The van der Waals surface area contributed by atoms with Gasteiger partial charge in [-0.15, -0.1) is 0 Å². The lowest BCUT2D eigenvalue weighted by Gasteiger charge is -2.12. The molecule has 0 aromatic rings. The van der Waals surface area contributed by atoms with Gasteiger partial charge in [-0.05, 0) is 6.42 Å². The Kier molecular flexibility index (Phi) is 6.44. The van der Waals surface area contributed by atoms with Crippen LogP contribution in [0.25, 0.3) is 0 Å². The predicted octanol–water partition coefficient (Wildman–Crippen LogP) is -0.330. The van der Waals surface area contributed by atoms with Crippen LogP contribution in [0.1, 0.15) is 13.3 Å². The molecule has 1 atom stereocenters. The lowest BCUT2D eigenvalue weighted by molar-refractivity contribution is -0.826. The van der Waals surface area contributed by atoms with Crippen LogP contribution < -0.4 is 4.90 Å². The fourth-order valence-electron chi connectivity index (χ4n) is 1.10. The quantitative estimate of drug-likeness (QED) is 0.472. The number of thiocyanates is 1. The molecule has 68 valence electrons. The van der Waals surface area contributed by atoms with Crippen molar-refractivity contribution < 1.29 is 4.90 Å². The first-order valence-corrected chi connectivity index (χ1v) is 4.41. The zero-order valence-corrected chi connectivity index (χ0v) is 8.40. The first-order chi connectivity index (χ1) is 5.74. The maximum Gasteiger partial charge on any atom is 0.156 e. The molecule has 1 heterocycles. The number of quaternary nitrogens is 1. The van der Waals surface area contributed by atoms with Crippen molar-refractivity contribution in [1.29, 1.82) is 5.26 Å². The Morgan fingerprint density at radius 1 is 1.75 bits per heavy atom. The van der Waals surface area contributed by atoms with Crippen molar-refractivity contribution in [2.45, 2.75) is 13.3 Å². The third-order valence-corrected chi connectivity index (χ3v) is 1.53. The molecule has 0 bridgehead atoms. The first-order valence-electron chi connectivity index (χ1n) is 4.00. The molecule has 0 aromatic carbocycles. The van der Waals surface area contributed by atoms with Crippen LogP contribution in [0.2, 0.25) is 0 Å². The molecule has 1 aliphatic heterocycles. The van der Waals surface area contributed by atoms with E-state index in [9.17, 15) is 0 Å². The van der Waals surface area contributed by atoms with Gasteiger partial charge in [0.05, 0.1) is 13.2 Å². The SMILES string of the molecule is CCCN1C=C[NH+](C)C1.N#C[S-]. The minimum atomic E-state index is 1.15. The molecule has 1 unspecified atom stereocenters. The van der Waals surface area contributed by atoms with E-state index >= 15 is 0 Å². The first kappa shape index (κ1) is 11.2. The number of rotatable bonds is 2. The van der Waals surface area contributed by atoms with Gasteiger partial charge in [0.25, 0.3) is 0 Å². The number of nitriles is 1. The molecule has 12 heavy (non-hydrogen) atoms. The number of hydrogen-bond acceptors (Lipinski definition) is 3. The minimum absolute atomic E-state index is 1.15. The Hall–Kier alpha value is -0.790. The summed E-state index contributed by atoms with van der Waals surface area (Å²) in [6.45, 7) is 4.56. The Morgan fingerprint density at radius 3 is 2.67 bits per heavy atom. The van der Waals surface area contributed by atoms with E-state index in [1.807, 2.05) is 0 Å². The molecule has 0 spiro atoms. The summed E-state index contributed by atoms with van der Waals surface area (Å²) >= 11 is 3.70. The largest absolute Gasteiger partial charge is 0.696 e. The highest BCUT2D eigenvalue weighted by atomic mass is 32.1. The second kappa shape index (κ2) is 6.89. The summed E-state index contributed by atoms with van der Waals surface area (Å²) in [6, 6.07) is 0. The summed E-state index contributed by atoms with van der Waals surface area (Å²) < 4.78 is 0. The fourth-order valence-corrected chi connectivity index (χ4v) is 1.10. The molecular formula is C8H15N3S. The zero-order chi connectivity index (χ0) is 9.40. The van der Waals surface area contributed by atoms with Crippen molar-refractivity contribution in [3.05, 3.63) is 12.4 Å². The number of hydrogen-bond donors (Lipinski definition) is 1. The van der Waals surface area contributed by atoms with Gasteiger partial charge in [0.1, 0.15) is 6.20 Å².